The zero-order chi connectivity index (χ0) is 10.2. The summed E-state index contributed by atoms with van der Waals surface area (Å²) >= 11 is 0. The molecule has 1 unspecified atom stereocenters. The molecule has 72 valence electrons. The van der Waals surface area contributed by atoms with Crippen LogP contribution in [0.15, 0.2) is 0 Å². The topological polar surface area (TPSA) is 37.4 Å². The SMILES string of the molecule is C[C](C)C1CC(=O)N([C](C)C)C1=O. The van der Waals surface area contributed by atoms with Crippen LogP contribution >= 0.6 is 0 Å². The Morgan fingerprint density at radius 2 is 1.77 bits per heavy atom. The van der Waals surface area contributed by atoms with Crippen molar-refractivity contribution in [2.75, 3.05) is 0 Å². The first kappa shape index (κ1) is 10.2. The summed E-state index contributed by atoms with van der Waals surface area (Å²) < 4.78 is 0. The molecule has 0 aliphatic carbocycles. The molecule has 0 spiro atoms. The molecule has 0 saturated carbocycles. The highest BCUT2D eigenvalue weighted by molar-refractivity contribution is 6.05. The van der Waals surface area contributed by atoms with E-state index in [1.54, 1.807) is 13.8 Å². The van der Waals surface area contributed by atoms with Gasteiger partial charge < -0.3 is 0 Å². The number of hydrogen-bond donors (Lipinski definition) is 0. The van der Waals surface area contributed by atoms with Crippen LogP contribution in [0.5, 0.6) is 0 Å². The molecule has 1 rings (SSSR count). The standard InChI is InChI=1S/C10H15NO2/c1-6(2)8-5-9(12)11(7(3)4)10(8)13/h8H,5H2,1-4H3. The van der Waals surface area contributed by atoms with Crippen molar-refractivity contribution in [1.82, 2.24) is 4.90 Å². The molecule has 0 aromatic heterocycles. The van der Waals surface area contributed by atoms with Gasteiger partial charge in [-0.25, -0.2) is 0 Å². The Morgan fingerprint density at radius 1 is 1.23 bits per heavy atom. The van der Waals surface area contributed by atoms with Crippen molar-refractivity contribution in [3.8, 4) is 0 Å². The summed E-state index contributed by atoms with van der Waals surface area (Å²) in [5.41, 5.74) is 0. The number of likely N-dealkylation sites (tertiary alicyclic amines) is 1. The summed E-state index contributed by atoms with van der Waals surface area (Å²) in [7, 11) is 0. The summed E-state index contributed by atoms with van der Waals surface area (Å²) in [6.07, 6.45) is 0.340. The molecule has 1 aliphatic heterocycles. The Labute approximate surface area is 79.1 Å². The van der Waals surface area contributed by atoms with Crippen LogP contribution in [-0.4, -0.2) is 16.7 Å². The summed E-state index contributed by atoms with van der Waals surface area (Å²) in [6, 6.07) is 0.763. The van der Waals surface area contributed by atoms with Crippen LogP contribution in [0.3, 0.4) is 0 Å². The van der Waals surface area contributed by atoms with E-state index in [0.29, 0.717) is 6.42 Å². The van der Waals surface area contributed by atoms with Gasteiger partial charge in [-0.1, -0.05) is 13.8 Å². The third-order valence-electron chi connectivity index (χ3n) is 2.29. The molecule has 3 heteroatoms. The summed E-state index contributed by atoms with van der Waals surface area (Å²) in [5.74, 6) is 0.686. The van der Waals surface area contributed by atoms with E-state index in [2.05, 4.69) is 0 Å². The van der Waals surface area contributed by atoms with Crippen LogP contribution < -0.4 is 0 Å². The normalized spacial score (nSPS) is 23.8. The minimum atomic E-state index is -0.192. The van der Waals surface area contributed by atoms with Gasteiger partial charge in [0, 0.05) is 6.42 Å². The van der Waals surface area contributed by atoms with Crippen molar-refractivity contribution in [2.45, 2.75) is 34.1 Å². The molecule has 0 bridgehead atoms. The fraction of sp³-hybridized carbons (Fsp3) is 0.600. The van der Waals surface area contributed by atoms with Crippen LogP contribution in [0.1, 0.15) is 34.1 Å². The van der Waals surface area contributed by atoms with Gasteiger partial charge >= 0.3 is 0 Å². The molecule has 2 amide bonds. The second kappa shape index (κ2) is 3.48. The highest BCUT2D eigenvalue weighted by atomic mass is 16.2. The lowest BCUT2D eigenvalue weighted by Gasteiger charge is -2.18. The van der Waals surface area contributed by atoms with Crippen LogP contribution in [0.25, 0.3) is 0 Å². The van der Waals surface area contributed by atoms with Crippen LogP contribution in [0, 0.1) is 17.9 Å². The molecule has 1 fully saturated rings. The molecule has 13 heavy (non-hydrogen) atoms. The zero-order valence-electron chi connectivity index (χ0n) is 8.55. The molecular formula is C10H15NO2. The lowest BCUT2D eigenvalue weighted by Crippen LogP contribution is -2.32. The van der Waals surface area contributed by atoms with Crippen molar-refractivity contribution in [3.63, 3.8) is 0 Å². The van der Waals surface area contributed by atoms with Crippen LogP contribution in [-0.2, 0) is 9.59 Å². The summed E-state index contributed by atoms with van der Waals surface area (Å²) in [5, 5.41) is 0. The Bertz CT molecular complexity index is 233. The Hall–Kier alpha value is -0.860. The van der Waals surface area contributed by atoms with Gasteiger partial charge in [-0.2, -0.15) is 0 Å². The molecule has 2 radical (unpaired) electrons. The Kier molecular flexibility index (Phi) is 2.74. The number of imide groups is 1. The van der Waals surface area contributed by atoms with Gasteiger partial charge in [0.2, 0.25) is 11.8 Å². The van der Waals surface area contributed by atoms with E-state index in [9.17, 15) is 9.59 Å². The van der Waals surface area contributed by atoms with Gasteiger partial charge in [0.1, 0.15) is 0 Å². The van der Waals surface area contributed by atoms with Gasteiger partial charge in [0.15, 0.2) is 0 Å². The average molecular weight is 181 g/mol. The molecule has 1 atom stereocenters. The number of carbonyl (C=O) groups is 2. The molecule has 1 saturated heterocycles. The van der Waals surface area contributed by atoms with E-state index in [4.69, 9.17) is 0 Å². The minimum absolute atomic E-state index is 0.0648. The number of carbonyl (C=O) groups excluding carboxylic acids is 2. The van der Waals surface area contributed by atoms with Crippen molar-refractivity contribution < 1.29 is 9.59 Å². The predicted octanol–water partition coefficient (Wildman–Crippen LogP) is 1.55. The maximum Gasteiger partial charge on any atom is 0.233 e. The first-order valence-corrected chi connectivity index (χ1v) is 4.42. The minimum Gasteiger partial charge on any atom is -0.274 e. The van der Waals surface area contributed by atoms with Crippen molar-refractivity contribution in [3.05, 3.63) is 12.0 Å². The van der Waals surface area contributed by atoms with Gasteiger partial charge in [-0.15, -0.1) is 0 Å². The van der Waals surface area contributed by atoms with E-state index >= 15 is 0 Å². The molecule has 1 heterocycles. The molecular weight excluding hydrogens is 166 g/mol. The van der Waals surface area contributed by atoms with Crippen molar-refractivity contribution in [1.29, 1.82) is 0 Å². The van der Waals surface area contributed by atoms with E-state index in [1.165, 1.54) is 4.90 Å². The third-order valence-corrected chi connectivity index (χ3v) is 2.29. The first-order valence-electron chi connectivity index (χ1n) is 4.42. The fourth-order valence-electron chi connectivity index (χ4n) is 1.55. The first-order chi connectivity index (χ1) is 5.95. The van der Waals surface area contributed by atoms with Crippen LogP contribution in [0.4, 0.5) is 0 Å². The van der Waals surface area contributed by atoms with Crippen LogP contribution in [0.2, 0.25) is 0 Å². The Morgan fingerprint density at radius 3 is 2.00 bits per heavy atom. The van der Waals surface area contributed by atoms with Gasteiger partial charge in [0.25, 0.3) is 0 Å². The number of hydrogen-bond acceptors (Lipinski definition) is 2. The van der Waals surface area contributed by atoms with Crippen molar-refractivity contribution >= 4 is 11.8 Å². The molecule has 0 aromatic rings. The fourth-order valence-corrected chi connectivity index (χ4v) is 1.55. The second-order valence-electron chi connectivity index (χ2n) is 3.85. The van der Waals surface area contributed by atoms with Gasteiger partial charge in [-0.05, 0) is 19.8 Å². The average Bonchev–Trinajstić information content (AvgIpc) is 2.26. The quantitative estimate of drug-likeness (QED) is 0.606. The second-order valence-corrected chi connectivity index (χ2v) is 3.85. The van der Waals surface area contributed by atoms with E-state index in [0.717, 1.165) is 12.0 Å². The zero-order valence-corrected chi connectivity index (χ0v) is 8.55. The highest BCUT2D eigenvalue weighted by Gasteiger charge is 2.41. The highest BCUT2D eigenvalue weighted by Crippen LogP contribution is 2.30. The van der Waals surface area contributed by atoms with E-state index in [1.807, 2.05) is 13.8 Å². The lowest BCUT2D eigenvalue weighted by molar-refractivity contribution is -0.138. The van der Waals surface area contributed by atoms with Gasteiger partial charge in [0.05, 0.1) is 12.0 Å². The predicted molar refractivity (Wildman–Crippen MR) is 49.1 cm³/mol. The number of nitrogens with zero attached hydrogens (tertiary/aromatic N) is 1. The van der Waals surface area contributed by atoms with Gasteiger partial charge in [-0.3, -0.25) is 14.5 Å². The number of amides is 2. The monoisotopic (exact) mass is 181 g/mol. The summed E-state index contributed by atoms with van der Waals surface area (Å²) in [4.78, 5) is 24.4. The maximum absolute atomic E-state index is 11.7. The maximum atomic E-state index is 11.7. The molecule has 3 nitrogen and oxygen atoms in total. The molecule has 0 aromatic carbocycles. The van der Waals surface area contributed by atoms with E-state index in [-0.39, 0.29) is 17.7 Å². The van der Waals surface area contributed by atoms with Crippen molar-refractivity contribution in [2.24, 2.45) is 5.92 Å². The smallest absolute Gasteiger partial charge is 0.233 e. The largest absolute Gasteiger partial charge is 0.274 e. The van der Waals surface area contributed by atoms with E-state index < -0.39 is 0 Å². The third kappa shape index (κ3) is 1.74. The summed E-state index contributed by atoms with van der Waals surface area (Å²) in [6.45, 7) is 7.35. The molecule has 1 aliphatic rings. The molecule has 0 N–H and O–H groups in total. The lowest BCUT2D eigenvalue weighted by atomic mass is 9.94. The Balaban J connectivity index is 2.82. The number of rotatable bonds is 2.